The van der Waals surface area contributed by atoms with E-state index in [0.29, 0.717) is 12.0 Å². The topological polar surface area (TPSA) is 41.3 Å². The van der Waals surface area contributed by atoms with Gasteiger partial charge in [-0.3, -0.25) is 0 Å². The van der Waals surface area contributed by atoms with Gasteiger partial charge in [0, 0.05) is 19.1 Å². The maximum Gasteiger partial charge on any atom is 0.298 e. The Bertz CT molecular complexity index is 547. The number of hydrogen-bond acceptors (Lipinski definition) is 4. The zero-order valence-electron chi connectivity index (χ0n) is 13.0. The summed E-state index contributed by atoms with van der Waals surface area (Å²) in [6.07, 6.45) is 3.68. The van der Waals surface area contributed by atoms with Crippen LogP contribution >= 0.6 is 0 Å². The summed E-state index contributed by atoms with van der Waals surface area (Å²) in [4.78, 5) is 6.94. The van der Waals surface area contributed by atoms with Crippen LogP contribution in [0.4, 0.5) is 6.01 Å². The van der Waals surface area contributed by atoms with E-state index >= 15 is 0 Å². The van der Waals surface area contributed by atoms with Crippen molar-refractivity contribution in [2.75, 3.05) is 24.5 Å². The lowest BCUT2D eigenvalue weighted by Crippen LogP contribution is -2.44. The van der Waals surface area contributed by atoms with Crippen LogP contribution in [-0.4, -0.2) is 30.7 Å². The summed E-state index contributed by atoms with van der Waals surface area (Å²) in [5.41, 5.74) is 1.83. The maximum absolute atomic E-state index is 5.91. The lowest BCUT2D eigenvalue weighted by atomic mass is 9.92. The van der Waals surface area contributed by atoms with E-state index in [1.54, 1.807) is 0 Å². The third kappa shape index (κ3) is 3.21. The van der Waals surface area contributed by atoms with E-state index in [0.717, 1.165) is 36.7 Å². The molecule has 0 amide bonds. The van der Waals surface area contributed by atoms with Crippen LogP contribution in [0.5, 0.6) is 0 Å². The number of para-hydroxylation sites is 2. The van der Waals surface area contributed by atoms with Crippen LogP contribution in [0.15, 0.2) is 28.7 Å². The molecule has 4 heteroatoms. The molecule has 2 heterocycles. The first kappa shape index (κ1) is 14.4. The summed E-state index contributed by atoms with van der Waals surface area (Å²) in [6.45, 7) is 7.69. The molecule has 1 aliphatic rings. The highest BCUT2D eigenvalue weighted by molar-refractivity contribution is 5.74. The van der Waals surface area contributed by atoms with E-state index < -0.39 is 0 Å². The molecule has 21 heavy (non-hydrogen) atoms. The molecular weight excluding hydrogens is 262 g/mol. The molecule has 3 rings (SSSR count). The van der Waals surface area contributed by atoms with Crippen LogP contribution in [0, 0.1) is 5.92 Å². The molecule has 2 aromatic rings. The standard InChI is InChI=1S/C17H25N3O/c1-3-10-18-13(2)14-7-6-11-20(12-14)17-19-15-8-4-5-9-16(15)21-17/h4-5,8-9,13-14,18H,3,6-7,10-12H2,1-2H3. The summed E-state index contributed by atoms with van der Waals surface area (Å²) in [5, 5.41) is 3.62. The molecule has 0 saturated carbocycles. The highest BCUT2D eigenvalue weighted by Gasteiger charge is 2.26. The predicted molar refractivity (Wildman–Crippen MR) is 86.7 cm³/mol. The number of oxazole rings is 1. The van der Waals surface area contributed by atoms with Gasteiger partial charge in [0.2, 0.25) is 0 Å². The number of fused-ring (bicyclic) bond motifs is 1. The van der Waals surface area contributed by atoms with Crippen LogP contribution in [0.25, 0.3) is 11.1 Å². The van der Waals surface area contributed by atoms with Gasteiger partial charge in [-0.15, -0.1) is 0 Å². The molecule has 0 spiro atoms. The van der Waals surface area contributed by atoms with E-state index in [2.05, 4.69) is 29.0 Å². The van der Waals surface area contributed by atoms with Crippen molar-refractivity contribution in [1.82, 2.24) is 10.3 Å². The normalized spacial score (nSPS) is 20.9. The van der Waals surface area contributed by atoms with Crippen molar-refractivity contribution in [1.29, 1.82) is 0 Å². The SMILES string of the molecule is CCCNC(C)C1CCCN(c2nc3ccccc3o2)C1. The number of nitrogens with zero attached hydrogens (tertiary/aromatic N) is 2. The highest BCUT2D eigenvalue weighted by Crippen LogP contribution is 2.27. The minimum atomic E-state index is 0.553. The zero-order chi connectivity index (χ0) is 14.7. The van der Waals surface area contributed by atoms with Crippen LogP contribution in [0.3, 0.4) is 0 Å². The van der Waals surface area contributed by atoms with E-state index in [1.807, 2.05) is 24.3 Å². The maximum atomic E-state index is 5.91. The Kier molecular flexibility index (Phi) is 4.44. The molecule has 0 bridgehead atoms. The zero-order valence-corrected chi connectivity index (χ0v) is 13.0. The summed E-state index contributed by atoms with van der Waals surface area (Å²) in [5.74, 6) is 0.667. The van der Waals surface area contributed by atoms with Crippen LogP contribution in [-0.2, 0) is 0 Å². The number of nitrogens with one attached hydrogen (secondary N) is 1. The Morgan fingerprint density at radius 2 is 2.29 bits per heavy atom. The van der Waals surface area contributed by atoms with Gasteiger partial charge in [0.1, 0.15) is 5.52 Å². The van der Waals surface area contributed by atoms with E-state index in [4.69, 9.17) is 4.42 Å². The average Bonchev–Trinajstić information content (AvgIpc) is 2.97. The van der Waals surface area contributed by atoms with Crippen molar-refractivity contribution in [2.45, 2.75) is 39.2 Å². The summed E-state index contributed by atoms with van der Waals surface area (Å²) in [6, 6.07) is 9.33. The fraction of sp³-hybridized carbons (Fsp3) is 0.588. The van der Waals surface area contributed by atoms with Gasteiger partial charge < -0.3 is 14.6 Å². The molecule has 1 aromatic heterocycles. The highest BCUT2D eigenvalue weighted by atomic mass is 16.4. The third-order valence-electron chi connectivity index (χ3n) is 4.43. The second-order valence-corrected chi connectivity index (χ2v) is 6.06. The fourth-order valence-electron chi connectivity index (χ4n) is 3.13. The van der Waals surface area contributed by atoms with Crippen molar-refractivity contribution < 1.29 is 4.42 Å². The Labute approximate surface area is 126 Å². The number of benzene rings is 1. The average molecular weight is 287 g/mol. The lowest BCUT2D eigenvalue weighted by molar-refractivity contribution is 0.313. The second-order valence-electron chi connectivity index (χ2n) is 6.06. The molecule has 2 atom stereocenters. The lowest BCUT2D eigenvalue weighted by Gasteiger charge is -2.35. The molecule has 114 valence electrons. The summed E-state index contributed by atoms with van der Waals surface area (Å²) in [7, 11) is 0. The summed E-state index contributed by atoms with van der Waals surface area (Å²) >= 11 is 0. The Morgan fingerprint density at radius 3 is 3.10 bits per heavy atom. The third-order valence-corrected chi connectivity index (χ3v) is 4.43. The van der Waals surface area contributed by atoms with Gasteiger partial charge >= 0.3 is 0 Å². The van der Waals surface area contributed by atoms with Crippen molar-refractivity contribution in [3.05, 3.63) is 24.3 Å². The number of piperidine rings is 1. The first-order valence-corrected chi connectivity index (χ1v) is 8.12. The van der Waals surface area contributed by atoms with Crippen LogP contribution in [0.1, 0.15) is 33.1 Å². The van der Waals surface area contributed by atoms with E-state index in [1.165, 1.54) is 19.3 Å². The number of hydrogen-bond donors (Lipinski definition) is 1. The van der Waals surface area contributed by atoms with Gasteiger partial charge in [0.15, 0.2) is 5.58 Å². The molecule has 1 saturated heterocycles. The first-order chi connectivity index (χ1) is 10.3. The molecule has 1 aromatic carbocycles. The Hall–Kier alpha value is -1.55. The summed E-state index contributed by atoms with van der Waals surface area (Å²) < 4.78 is 5.91. The molecular formula is C17H25N3O. The minimum Gasteiger partial charge on any atom is -0.423 e. The fourth-order valence-corrected chi connectivity index (χ4v) is 3.13. The van der Waals surface area contributed by atoms with Gasteiger partial charge in [-0.25, -0.2) is 0 Å². The van der Waals surface area contributed by atoms with Crippen molar-refractivity contribution in [3.8, 4) is 0 Å². The van der Waals surface area contributed by atoms with Gasteiger partial charge in [-0.2, -0.15) is 4.98 Å². The van der Waals surface area contributed by atoms with Gasteiger partial charge in [-0.05, 0) is 50.8 Å². The predicted octanol–water partition coefficient (Wildman–Crippen LogP) is 3.43. The van der Waals surface area contributed by atoms with Gasteiger partial charge in [-0.1, -0.05) is 19.1 Å². The quantitative estimate of drug-likeness (QED) is 0.914. The largest absolute Gasteiger partial charge is 0.423 e. The molecule has 0 radical (unpaired) electrons. The van der Waals surface area contributed by atoms with Crippen molar-refractivity contribution in [2.24, 2.45) is 5.92 Å². The molecule has 0 aliphatic carbocycles. The molecule has 2 unspecified atom stereocenters. The molecule has 1 aliphatic heterocycles. The monoisotopic (exact) mass is 287 g/mol. The van der Waals surface area contributed by atoms with Gasteiger partial charge in [0.25, 0.3) is 6.01 Å². The number of aromatic nitrogens is 1. The van der Waals surface area contributed by atoms with E-state index in [9.17, 15) is 0 Å². The molecule has 1 N–H and O–H groups in total. The minimum absolute atomic E-state index is 0.553. The van der Waals surface area contributed by atoms with Gasteiger partial charge in [0.05, 0.1) is 0 Å². The van der Waals surface area contributed by atoms with Crippen LogP contribution < -0.4 is 10.2 Å². The molecule has 1 fully saturated rings. The number of anilines is 1. The van der Waals surface area contributed by atoms with Crippen LogP contribution in [0.2, 0.25) is 0 Å². The van der Waals surface area contributed by atoms with Crippen molar-refractivity contribution in [3.63, 3.8) is 0 Å². The first-order valence-electron chi connectivity index (χ1n) is 8.12. The number of rotatable bonds is 5. The van der Waals surface area contributed by atoms with E-state index in [-0.39, 0.29) is 0 Å². The second kappa shape index (κ2) is 6.48. The Balaban J connectivity index is 1.70. The smallest absolute Gasteiger partial charge is 0.298 e. The Morgan fingerprint density at radius 1 is 1.43 bits per heavy atom. The van der Waals surface area contributed by atoms with Crippen molar-refractivity contribution >= 4 is 17.1 Å². The molecule has 4 nitrogen and oxygen atoms in total.